The molecule has 0 fully saturated rings. The number of hydrogen-bond acceptors (Lipinski definition) is 2. The Morgan fingerprint density at radius 1 is 1.09 bits per heavy atom. The highest BCUT2D eigenvalue weighted by Gasteiger charge is 2.08. The van der Waals surface area contributed by atoms with Crippen LogP contribution in [0.25, 0.3) is 0 Å². The van der Waals surface area contributed by atoms with Gasteiger partial charge in [0.2, 0.25) is 0 Å². The highest BCUT2D eigenvalue weighted by atomic mass is 35.5. The Balaban J connectivity index is 1.80. The zero-order valence-corrected chi connectivity index (χ0v) is 14.5. The highest BCUT2D eigenvalue weighted by Crippen LogP contribution is 2.29. The third-order valence-electron chi connectivity index (χ3n) is 3.24. The fraction of sp³-hybridized carbons (Fsp3) is 0.235. The van der Waals surface area contributed by atoms with Gasteiger partial charge in [0, 0.05) is 0 Å². The van der Waals surface area contributed by atoms with Gasteiger partial charge in [-0.05, 0) is 37.1 Å². The quantitative estimate of drug-likeness (QED) is 0.758. The van der Waals surface area contributed by atoms with Gasteiger partial charge in [0.05, 0.1) is 22.3 Å². The molecule has 23 heavy (non-hydrogen) atoms. The van der Waals surface area contributed by atoms with Crippen molar-refractivity contribution in [3.63, 3.8) is 0 Å². The van der Waals surface area contributed by atoms with Gasteiger partial charge in [0.25, 0.3) is 0 Å². The molecule has 4 nitrogen and oxygen atoms in total. The van der Waals surface area contributed by atoms with E-state index in [-0.39, 0.29) is 6.03 Å². The highest BCUT2D eigenvalue weighted by molar-refractivity contribution is 6.43. The minimum absolute atomic E-state index is 0.316. The SMILES string of the molecule is Cc1cccc(C)c1OCCNC(=O)Nc1cccc(Cl)c1Cl. The van der Waals surface area contributed by atoms with Crippen LogP contribution in [0.4, 0.5) is 10.5 Å². The normalized spacial score (nSPS) is 10.3. The Morgan fingerprint density at radius 3 is 2.43 bits per heavy atom. The molecule has 2 aromatic carbocycles. The molecule has 0 unspecified atom stereocenters. The molecule has 0 heterocycles. The molecule has 0 radical (unpaired) electrons. The number of halogens is 2. The molecular weight excluding hydrogens is 335 g/mol. The Labute approximate surface area is 145 Å². The summed E-state index contributed by atoms with van der Waals surface area (Å²) < 4.78 is 5.72. The summed E-state index contributed by atoms with van der Waals surface area (Å²) in [5, 5.41) is 6.07. The van der Waals surface area contributed by atoms with Crippen LogP contribution in [0.2, 0.25) is 10.0 Å². The third kappa shape index (κ3) is 4.78. The first kappa shape index (κ1) is 17.4. The van der Waals surface area contributed by atoms with Gasteiger partial charge in [-0.3, -0.25) is 0 Å². The number of amides is 2. The zero-order valence-electron chi connectivity index (χ0n) is 13.0. The number of benzene rings is 2. The minimum Gasteiger partial charge on any atom is -0.491 e. The summed E-state index contributed by atoms with van der Waals surface area (Å²) in [6, 6.07) is 10.7. The number of para-hydroxylation sites is 1. The molecule has 122 valence electrons. The molecule has 0 bridgehead atoms. The van der Waals surface area contributed by atoms with Gasteiger partial charge in [0.1, 0.15) is 12.4 Å². The fourth-order valence-electron chi connectivity index (χ4n) is 2.11. The van der Waals surface area contributed by atoms with Crippen molar-refractivity contribution in [2.45, 2.75) is 13.8 Å². The van der Waals surface area contributed by atoms with Crippen molar-refractivity contribution in [2.24, 2.45) is 0 Å². The molecule has 6 heteroatoms. The Kier molecular flexibility index (Phi) is 6.13. The molecule has 2 amide bonds. The summed E-state index contributed by atoms with van der Waals surface area (Å²) in [6.07, 6.45) is 0. The number of aryl methyl sites for hydroxylation is 2. The summed E-state index contributed by atoms with van der Waals surface area (Å²) in [5.41, 5.74) is 2.60. The average molecular weight is 353 g/mol. The second-order valence-electron chi connectivity index (χ2n) is 5.05. The van der Waals surface area contributed by atoms with Crippen molar-refractivity contribution < 1.29 is 9.53 Å². The topological polar surface area (TPSA) is 50.4 Å². The van der Waals surface area contributed by atoms with E-state index in [1.165, 1.54) is 0 Å². The third-order valence-corrected chi connectivity index (χ3v) is 4.06. The Morgan fingerprint density at radius 2 is 1.74 bits per heavy atom. The first-order chi connectivity index (χ1) is 11.0. The number of hydrogen-bond donors (Lipinski definition) is 2. The van der Waals surface area contributed by atoms with E-state index in [1.54, 1.807) is 18.2 Å². The van der Waals surface area contributed by atoms with Crippen molar-refractivity contribution in [2.75, 3.05) is 18.5 Å². The van der Waals surface area contributed by atoms with E-state index in [0.717, 1.165) is 16.9 Å². The Bertz CT molecular complexity index is 685. The standard InChI is InChI=1S/C17H18Cl2N2O2/c1-11-5-3-6-12(2)16(11)23-10-9-20-17(22)21-14-8-4-7-13(18)15(14)19/h3-8H,9-10H2,1-2H3,(H2,20,21,22). The first-order valence-corrected chi connectivity index (χ1v) is 7.92. The predicted octanol–water partition coefficient (Wildman–Crippen LogP) is 4.81. The lowest BCUT2D eigenvalue weighted by Gasteiger charge is -2.13. The summed E-state index contributed by atoms with van der Waals surface area (Å²) in [4.78, 5) is 11.8. The van der Waals surface area contributed by atoms with E-state index >= 15 is 0 Å². The summed E-state index contributed by atoms with van der Waals surface area (Å²) >= 11 is 11.9. The molecule has 0 aliphatic heterocycles. The van der Waals surface area contributed by atoms with Crippen LogP contribution < -0.4 is 15.4 Å². The molecular formula is C17H18Cl2N2O2. The average Bonchev–Trinajstić information content (AvgIpc) is 2.50. The number of carbonyl (C=O) groups is 1. The lowest BCUT2D eigenvalue weighted by Crippen LogP contribution is -2.32. The zero-order chi connectivity index (χ0) is 16.8. The van der Waals surface area contributed by atoms with E-state index in [0.29, 0.717) is 28.9 Å². The second-order valence-corrected chi connectivity index (χ2v) is 5.84. The van der Waals surface area contributed by atoms with Gasteiger partial charge in [-0.15, -0.1) is 0 Å². The van der Waals surface area contributed by atoms with Gasteiger partial charge in [-0.1, -0.05) is 47.5 Å². The van der Waals surface area contributed by atoms with Gasteiger partial charge in [-0.25, -0.2) is 4.79 Å². The lowest BCUT2D eigenvalue weighted by molar-refractivity contribution is 0.247. The lowest BCUT2D eigenvalue weighted by atomic mass is 10.1. The maximum Gasteiger partial charge on any atom is 0.319 e. The van der Waals surface area contributed by atoms with E-state index in [1.807, 2.05) is 32.0 Å². The second kappa shape index (κ2) is 8.09. The molecule has 0 aromatic heterocycles. The summed E-state index contributed by atoms with van der Waals surface area (Å²) in [5.74, 6) is 0.854. The molecule has 0 saturated carbocycles. The van der Waals surface area contributed by atoms with Crippen LogP contribution in [0.1, 0.15) is 11.1 Å². The molecule has 0 saturated heterocycles. The summed E-state index contributed by atoms with van der Waals surface area (Å²) in [6.45, 7) is 4.73. The number of carbonyl (C=O) groups excluding carboxylic acids is 1. The first-order valence-electron chi connectivity index (χ1n) is 7.17. The smallest absolute Gasteiger partial charge is 0.319 e. The van der Waals surface area contributed by atoms with Gasteiger partial charge < -0.3 is 15.4 Å². The van der Waals surface area contributed by atoms with Crippen LogP contribution >= 0.6 is 23.2 Å². The van der Waals surface area contributed by atoms with E-state index < -0.39 is 0 Å². The van der Waals surface area contributed by atoms with Gasteiger partial charge in [-0.2, -0.15) is 0 Å². The molecule has 0 spiro atoms. The van der Waals surface area contributed by atoms with Crippen molar-refractivity contribution in [3.05, 3.63) is 57.6 Å². The molecule has 2 rings (SSSR count). The minimum atomic E-state index is -0.362. The molecule has 0 aliphatic rings. The van der Waals surface area contributed by atoms with Crippen LogP contribution in [0.15, 0.2) is 36.4 Å². The molecule has 2 N–H and O–H groups in total. The predicted molar refractivity (Wildman–Crippen MR) is 94.9 cm³/mol. The van der Waals surface area contributed by atoms with Crippen molar-refractivity contribution >= 4 is 34.9 Å². The number of anilines is 1. The number of rotatable bonds is 5. The van der Waals surface area contributed by atoms with Crippen LogP contribution in [0, 0.1) is 13.8 Å². The monoisotopic (exact) mass is 352 g/mol. The van der Waals surface area contributed by atoms with Gasteiger partial charge in [0.15, 0.2) is 0 Å². The van der Waals surface area contributed by atoms with Crippen LogP contribution in [-0.4, -0.2) is 19.2 Å². The van der Waals surface area contributed by atoms with E-state index in [4.69, 9.17) is 27.9 Å². The maximum atomic E-state index is 11.8. The van der Waals surface area contributed by atoms with Crippen LogP contribution in [0.3, 0.4) is 0 Å². The van der Waals surface area contributed by atoms with Crippen LogP contribution in [0.5, 0.6) is 5.75 Å². The van der Waals surface area contributed by atoms with Crippen molar-refractivity contribution in [3.8, 4) is 5.75 Å². The molecule has 2 aromatic rings. The largest absolute Gasteiger partial charge is 0.491 e. The number of nitrogens with one attached hydrogen (secondary N) is 2. The van der Waals surface area contributed by atoms with Gasteiger partial charge >= 0.3 is 6.03 Å². The number of ether oxygens (including phenoxy) is 1. The summed E-state index contributed by atoms with van der Waals surface area (Å²) in [7, 11) is 0. The molecule has 0 atom stereocenters. The Hall–Kier alpha value is -1.91. The number of urea groups is 1. The van der Waals surface area contributed by atoms with E-state index in [9.17, 15) is 4.79 Å². The molecule has 0 aliphatic carbocycles. The van der Waals surface area contributed by atoms with Crippen molar-refractivity contribution in [1.29, 1.82) is 0 Å². The van der Waals surface area contributed by atoms with Crippen LogP contribution in [-0.2, 0) is 0 Å². The van der Waals surface area contributed by atoms with E-state index in [2.05, 4.69) is 10.6 Å². The maximum absolute atomic E-state index is 11.8. The fourth-order valence-corrected chi connectivity index (χ4v) is 2.46. The van der Waals surface area contributed by atoms with Crippen molar-refractivity contribution in [1.82, 2.24) is 5.32 Å².